The molecule has 0 fully saturated rings. The van der Waals surface area contributed by atoms with Gasteiger partial charge < -0.3 is 10.0 Å². The van der Waals surface area contributed by atoms with Crippen LogP contribution >= 0.6 is 0 Å². The Labute approximate surface area is 119 Å². The fraction of sp³-hybridized carbons (Fsp3) is 0.375. The summed E-state index contributed by atoms with van der Waals surface area (Å²) in [4.78, 5) is 25.0. The second kappa shape index (κ2) is 6.89. The molecule has 0 aromatic heterocycles. The molecule has 0 aliphatic rings. The van der Waals surface area contributed by atoms with E-state index < -0.39 is 5.97 Å². The van der Waals surface area contributed by atoms with E-state index in [2.05, 4.69) is 0 Å². The van der Waals surface area contributed by atoms with E-state index in [1.807, 2.05) is 26.8 Å². The molecule has 4 heteroatoms. The highest BCUT2D eigenvalue weighted by atomic mass is 16.4. The Kier molecular flexibility index (Phi) is 5.50. The molecule has 0 saturated carbocycles. The third kappa shape index (κ3) is 4.23. The standard InChI is InChI=1S/C16H21NO3/c1-5-6-17(4)15(18)13-8-12(7-11(2)3)9-14(10-13)16(19)20/h7-10H,5-6H2,1-4H3,(H,19,20). The Morgan fingerprint density at radius 3 is 2.30 bits per heavy atom. The van der Waals surface area contributed by atoms with Gasteiger partial charge in [-0.2, -0.15) is 0 Å². The predicted octanol–water partition coefficient (Wildman–Crippen LogP) is 3.29. The largest absolute Gasteiger partial charge is 0.478 e. The zero-order valence-electron chi connectivity index (χ0n) is 12.4. The normalized spacial score (nSPS) is 10.0. The van der Waals surface area contributed by atoms with Crippen LogP contribution in [-0.4, -0.2) is 35.5 Å². The van der Waals surface area contributed by atoms with Crippen LogP contribution in [0.3, 0.4) is 0 Å². The molecule has 108 valence electrons. The molecule has 1 N–H and O–H groups in total. The molecule has 1 aromatic rings. The topological polar surface area (TPSA) is 57.6 Å². The Hall–Kier alpha value is -2.10. The van der Waals surface area contributed by atoms with E-state index in [0.29, 0.717) is 12.1 Å². The van der Waals surface area contributed by atoms with Crippen LogP contribution in [0.5, 0.6) is 0 Å². The van der Waals surface area contributed by atoms with E-state index in [1.165, 1.54) is 6.07 Å². The molecule has 1 aromatic carbocycles. The molecule has 0 aliphatic heterocycles. The van der Waals surface area contributed by atoms with E-state index in [0.717, 1.165) is 17.6 Å². The number of carboxylic acids is 1. The maximum atomic E-state index is 12.3. The quantitative estimate of drug-likeness (QED) is 0.897. The van der Waals surface area contributed by atoms with Crippen LogP contribution in [0.2, 0.25) is 0 Å². The SMILES string of the molecule is CCCN(C)C(=O)c1cc(C=C(C)C)cc(C(=O)O)c1. The lowest BCUT2D eigenvalue weighted by Gasteiger charge is -2.16. The van der Waals surface area contributed by atoms with Crippen molar-refractivity contribution >= 4 is 18.0 Å². The molecular formula is C16H21NO3. The van der Waals surface area contributed by atoms with Crippen LogP contribution in [-0.2, 0) is 0 Å². The Morgan fingerprint density at radius 2 is 1.80 bits per heavy atom. The van der Waals surface area contributed by atoms with Gasteiger partial charge in [0.2, 0.25) is 0 Å². The van der Waals surface area contributed by atoms with Crippen LogP contribution in [0, 0.1) is 0 Å². The Morgan fingerprint density at radius 1 is 1.20 bits per heavy atom. The average Bonchev–Trinajstić information content (AvgIpc) is 2.36. The van der Waals surface area contributed by atoms with Gasteiger partial charge in [0.1, 0.15) is 0 Å². The van der Waals surface area contributed by atoms with Gasteiger partial charge in [-0.15, -0.1) is 0 Å². The van der Waals surface area contributed by atoms with E-state index in [4.69, 9.17) is 5.11 Å². The van der Waals surface area contributed by atoms with Gasteiger partial charge >= 0.3 is 5.97 Å². The number of aromatic carboxylic acids is 1. The summed E-state index contributed by atoms with van der Waals surface area (Å²) in [5.74, 6) is -1.18. The highest BCUT2D eigenvalue weighted by molar-refractivity contribution is 5.98. The number of rotatable bonds is 5. The maximum Gasteiger partial charge on any atom is 0.335 e. The van der Waals surface area contributed by atoms with Gasteiger partial charge in [-0.25, -0.2) is 4.79 Å². The van der Waals surface area contributed by atoms with Gasteiger partial charge in [-0.05, 0) is 44.0 Å². The molecule has 20 heavy (non-hydrogen) atoms. The highest BCUT2D eigenvalue weighted by Gasteiger charge is 2.14. The molecule has 0 spiro atoms. The Bertz CT molecular complexity index is 543. The summed E-state index contributed by atoms with van der Waals surface area (Å²) in [6.07, 6.45) is 2.73. The Balaban J connectivity index is 3.25. The van der Waals surface area contributed by atoms with Gasteiger partial charge in [0, 0.05) is 19.2 Å². The predicted molar refractivity (Wildman–Crippen MR) is 80.0 cm³/mol. The number of carbonyl (C=O) groups is 2. The van der Waals surface area contributed by atoms with Crippen LogP contribution in [0.4, 0.5) is 0 Å². The fourth-order valence-corrected chi connectivity index (χ4v) is 1.97. The van der Waals surface area contributed by atoms with Crippen LogP contribution in [0.1, 0.15) is 53.5 Å². The number of carboxylic acid groups (broad SMARTS) is 1. The molecule has 0 heterocycles. The maximum absolute atomic E-state index is 12.3. The first-order valence-corrected chi connectivity index (χ1v) is 6.64. The monoisotopic (exact) mass is 275 g/mol. The minimum Gasteiger partial charge on any atom is -0.478 e. The molecule has 0 aliphatic carbocycles. The van der Waals surface area contributed by atoms with Crippen molar-refractivity contribution in [2.24, 2.45) is 0 Å². The van der Waals surface area contributed by atoms with Crippen LogP contribution in [0.15, 0.2) is 23.8 Å². The van der Waals surface area contributed by atoms with Crippen molar-refractivity contribution in [2.45, 2.75) is 27.2 Å². The van der Waals surface area contributed by atoms with Crippen molar-refractivity contribution in [3.8, 4) is 0 Å². The lowest BCUT2D eigenvalue weighted by atomic mass is 10.0. The number of allylic oxidation sites excluding steroid dienone is 1. The summed E-state index contributed by atoms with van der Waals surface area (Å²) >= 11 is 0. The van der Waals surface area contributed by atoms with E-state index in [-0.39, 0.29) is 11.5 Å². The van der Waals surface area contributed by atoms with Crippen molar-refractivity contribution < 1.29 is 14.7 Å². The minimum absolute atomic E-state index is 0.133. The van der Waals surface area contributed by atoms with E-state index in [9.17, 15) is 9.59 Å². The molecule has 0 saturated heterocycles. The van der Waals surface area contributed by atoms with Crippen molar-refractivity contribution in [1.29, 1.82) is 0 Å². The van der Waals surface area contributed by atoms with Gasteiger partial charge in [-0.1, -0.05) is 18.6 Å². The fourth-order valence-electron chi connectivity index (χ4n) is 1.97. The summed E-state index contributed by atoms with van der Waals surface area (Å²) in [5.41, 5.74) is 2.33. The number of amides is 1. The lowest BCUT2D eigenvalue weighted by Crippen LogP contribution is -2.27. The smallest absolute Gasteiger partial charge is 0.335 e. The van der Waals surface area contributed by atoms with Gasteiger partial charge in [0.25, 0.3) is 5.91 Å². The number of hydrogen-bond donors (Lipinski definition) is 1. The first kappa shape index (κ1) is 16.0. The first-order chi connectivity index (χ1) is 9.35. The van der Waals surface area contributed by atoms with Gasteiger partial charge in [-0.3, -0.25) is 4.79 Å². The zero-order chi connectivity index (χ0) is 15.3. The highest BCUT2D eigenvalue weighted by Crippen LogP contribution is 2.15. The zero-order valence-corrected chi connectivity index (χ0v) is 12.4. The summed E-state index contributed by atoms with van der Waals surface area (Å²) in [7, 11) is 1.72. The lowest BCUT2D eigenvalue weighted by molar-refractivity contribution is 0.0697. The van der Waals surface area contributed by atoms with E-state index >= 15 is 0 Å². The average molecular weight is 275 g/mol. The van der Waals surface area contributed by atoms with Crippen molar-refractivity contribution in [3.63, 3.8) is 0 Å². The third-order valence-corrected chi connectivity index (χ3v) is 2.81. The molecule has 1 amide bonds. The summed E-state index contributed by atoms with van der Waals surface area (Å²) in [6, 6.07) is 4.74. The number of hydrogen-bond acceptors (Lipinski definition) is 2. The third-order valence-electron chi connectivity index (χ3n) is 2.81. The molecule has 0 atom stereocenters. The molecule has 4 nitrogen and oxygen atoms in total. The summed E-state index contributed by atoms with van der Waals surface area (Å²) in [6.45, 7) is 6.50. The van der Waals surface area contributed by atoms with E-state index in [1.54, 1.807) is 24.1 Å². The number of carbonyl (C=O) groups excluding carboxylic acids is 1. The van der Waals surface area contributed by atoms with Gasteiger partial charge in [0.05, 0.1) is 5.56 Å². The van der Waals surface area contributed by atoms with Crippen molar-refractivity contribution in [2.75, 3.05) is 13.6 Å². The molecule has 0 bridgehead atoms. The van der Waals surface area contributed by atoms with Crippen molar-refractivity contribution in [1.82, 2.24) is 4.90 Å². The van der Waals surface area contributed by atoms with Gasteiger partial charge in [0.15, 0.2) is 0 Å². The molecular weight excluding hydrogens is 254 g/mol. The molecule has 1 rings (SSSR count). The van der Waals surface area contributed by atoms with Crippen LogP contribution in [0.25, 0.3) is 6.08 Å². The second-order valence-corrected chi connectivity index (χ2v) is 5.10. The second-order valence-electron chi connectivity index (χ2n) is 5.10. The summed E-state index contributed by atoms with van der Waals surface area (Å²) in [5, 5.41) is 9.15. The number of nitrogens with zero attached hydrogens (tertiary/aromatic N) is 1. The van der Waals surface area contributed by atoms with Crippen LogP contribution < -0.4 is 0 Å². The minimum atomic E-state index is -1.03. The van der Waals surface area contributed by atoms with Crippen molar-refractivity contribution in [3.05, 3.63) is 40.5 Å². The molecule has 0 radical (unpaired) electrons. The number of benzene rings is 1. The molecule has 0 unspecified atom stereocenters. The first-order valence-electron chi connectivity index (χ1n) is 6.64. The summed E-state index contributed by atoms with van der Waals surface area (Å²) < 4.78 is 0.